The fourth-order valence-electron chi connectivity index (χ4n) is 2.47. The lowest BCUT2D eigenvalue weighted by molar-refractivity contribution is -0.811. The highest BCUT2D eigenvalue weighted by Gasteiger charge is 2.67. The van der Waals surface area contributed by atoms with E-state index in [-0.39, 0.29) is 5.01 Å². The van der Waals surface area contributed by atoms with Gasteiger partial charge in [0.2, 0.25) is 0 Å². The predicted octanol–water partition coefficient (Wildman–Crippen LogP) is -0.807. The van der Waals surface area contributed by atoms with Gasteiger partial charge in [-0.1, -0.05) is 0 Å². The number of nitroso groups, excluding NO2 is 1. The molecule has 0 aromatic rings. The zero-order valence-electron chi connectivity index (χ0n) is 13.2. The number of nitro groups is 4. The molecular formula is C9H15N7O9. The standard InChI is InChI=1S/C9H15N7O9/c1-7(2)11-3-8(13(18)19,14(20)21)5-12(10-17)6-9(4-11,15(22)23)16(24)25/h7H,3-6H2,1-2H3. The molecule has 0 aromatic carbocycles. The summed E-state index contributed by atoms with van der Waals surface area (Å²) in [7, 11) is 0. The van der Waals surface area contributed by atoms with Crippen LogP contribution in [-0.4, -0.2) is 73.1 Å². The van der Waals surface area contributed by atoms with Crippen molar-refractivity contribution >= 4 is 0 Å². The molecule has 0 saturated carbocycles. The number of hydrogen-bond donors (Lipinski definition) is 0. The molecule has 1 rings (SSSR count). The average Bonchev–Trinajstić information content (AvgIpc) is 2.46. The molecule has 25 heavy (non-hydrogen) atoms. The Morgan fingerprint density at radius 3 is 1.32 bits per heavy atom. The van der Waals surface area contributed by atoms with Crippen LogP contribution >= 0.6 is 0 Å². The van der Waals surface area contributed by atoms with E-state index in [1.807, 2.05) is 0 Å². The first kappa shape index (κ1) is 20.0. The summed E-state index contributed by atoms with van der Waals surface area (Å²) in [5, 5.41) is 47.7. The van der Waals surface area contributed by atoms with Crippen LogP contribution in [0.5, 0.6) is 0 Å². The molecule has 0 unspecified atom stereocenters. The van der Waals surface area contributed by atoms with Gasteiger partial charge in [0.15, 0.2) is 13.1 Å². The molecule has 0 N–H and O–H groups in total. The first-order valence-corrected chi connectivity index (χ1v) is 6.83. The molecule has 0 amide bonds. The Bertz CT molecular complexity index is 536. The lowest BCUT2D eigenvalue weighted by Gasteiger charge is -2.35. The third-order valence-electron chi connectivity index (χ3n) is 3.99. The Morgan fingerprint density at radius 1 is 0.800 bits per heavy atom. The van der Waals surface area contributed by atoms with E-state index >= 15 is 0 Å². The van der Waals surface area contributed by atoms with Crippen LogP contribution in [0.25, 0.3) is 0 Å². The fraction of sp³-hybridized carbons (Fsp3) is 1.00. The first-order valence-electron chi connectivity index (χ1n) is 6.83. The monoisotopic (exact) mass is 365 g/mol. The van der Waals surface area contributed by atoms with Gasteiger partial charge in [0.25, 0.3) is 0 Å². The van der Waals surface area contributed by atoms with Crippen molar-refractivity contribution in [1.29, 1.82) is 0 Å². The van der Waals surface area contributed by atoms with Crippen molar-refractivity contribution in [2.75, 3.05) is 26.2 Å². The van der Waals surface area contributed by atoms with Gasteiger partial charge >= 0.3 is 11.3 Å². The van der Waals surface area contributed by atoms with Gasteiger partial charge in [0, 0.05) is 6.04 Å². The lowest BCUT2D eigenvalue weighted by atomic mass is 10.0. The van der Waals surface area contributed by atoms with Crippen LogP contribution in [0.2, 0.25) is 0 Å². The minimum Gasteiger partial charge on any atom is -0.274 e. The van der Waals surface area contributed by atoms with Crippen molar-refractivity contribution in [3.63, 3.8) is 0 Å². The largest absolute Gasteiger partial charge is 0.489 e. The maximum absolute atomic E-state index is 11.3. The molecule has 16 nitrogen and oxygen atoms in total. The predicted molar refractivity (Wildman–Crippen MR) is 77.5 cm³/mol. The van der Waals surface area contributed by atoms with Crippen LogP contribution in [-0.2, 0) is 0 Å². The van der Waals surface area contributed by atoms with Gasteiger partial charge in [0.1, 0.15) is 32.8 Å². The van der Waals surface area contributed by atoms with Crippen molar-refractivity contribution in [2.24, 2.45) is 5.29 Å². The molecule has 16 heteroatoms. The fourth-order valence-corrected chi connectivity index (χ4v) is 2.47. The summed E-state index contributed by atoms with van der Waals surface area (Å²) < 4.78 is 0. The van der Waals surface area contributed by atoms with Gasteiger partial charge in [-0.3, -0.25) is 45.4 Å². The zero-order chi connectivity index (χ0) is 19.6. The van der Waals surface area contributed by atoms with Gasteiger partial charge in [-0.25, -0.2) is 5.01 Å². The van der Waals surface area contributed by atoms with Gasteiger partial charge in [-0.2, -0.15) is 0 Å². The molecule has 1 heterocycles. The Hall–Kier alpha value is -3.04. The zero-order valence-corrected chi connectivity index (χ0v) is 13.2. The van der Waals surface area contributed by atoms with E-state index in [0.29, 0.717) is 0 Å². The van der Waals surface area contributed by atoms with Crippen molar-refractivity contribution in [1.82, 2.24) is 9.91 Å². The second kappa shape index (κ2) is 6.83. The normalized spacial score (nSPS) is 20.4. The van der Waals surface area contributed by atoms with E-state index in [1.54, 1.807) is 0 Å². The average molecular weight is 365 g/mol. The van der Waals surface area contributed by atoms with Gasteiger partial charge < -0.3 is 0 Å². The third-order valence-corrected chi connectivity index (χ3v) is 3.99. The molecule has 1 aliphatic rings. The van der Waals surface area contributed by atoms with Crippen LogP contribution in [0.3, 0.4) is 0 Å². The first-order chi connectivity index (χ1) is 11.4. The van der Waals surface area contributed by atoms with Crippen molar-refractivity contribution < 1.29 is 19.7 Å². The summed E-state index contributed by atoms with van der Waals surface area (Å²) >= 11 is 0. The summed E-state index contributed by atoms with van der Waals surface area (Å²) in [5.74, 6) is 0. The van der Waals surface area contributed by atoms with Crippen LogP contribution in [0.4, 0.5) is 0 Å². The maximum atomic E-state index is 11.3. The Labute approximate surface area is 138 Å². The van der Waals surface area contributed by atoms with Gasteiger partial charge in [0.05, 0.1) is 5.29 Å². The van der Waals surface area contributed by atoms with E-state index in [9.17, 15) is 45.4 Å². The number of rotatable bonds is 6. The van der Waals surface area contributed by atoms with Crippen LogP contribution in [0.1, 0.15) is 13.8 Å². The van der Waals surface area contributed by atoms with Crippen molar-refractivity contribution in [3.05, 3.63) is 45.4 Å². The minimum absolute atomic E-state index is 0.0921. The molecule has 0 spiro atoms. The number of hydrogen-bond acceptors (Lipinski definition) is 11. The lowest BCUT2D eigenvalue weighted by Crippen LogP contribution is -2.70. The molecule has 1 saturated heterocycles. The molecule has 1 aliphatic heterocycles. The van der Waals surface area contributed by atoms with Crippen LogP contribution in [0.15, 0.2) is 5.29 Å². The Morgan fingerprint density at radius 2 is 1.12 bits per heavy atom. The molecule has 140 valence electrons. The van der Waals surface area contributed by atoms with Crippen LogP contribution < -0.4 is 0 Å². The molecule has 0 bridgehead atoms. The van der Waals surface area contributed by atoms with E-state index in [1.165, 1.54) is 13.8 Å². The van der Waals surface area contributed by atoms with Gasteiger partial charge in [-0.05, 0) is 13.8 Å². The highest BCUT2D eigenvalue weighted by Crippen LogP contribution is 2.26. The second-order valence-corrected chi connectivity index (χ2v) is 5.90. The molecule has 0 aliphatic carbocycles. The van der Waals surface area contributed by atoms with E-state index in [2.05, 4.69) is 5.29 Å². The summed E-state index contributed by atoms with van der Waals surface area (Å²) in [6.07, 6.45) is 0. The molecule has 0 atom stereocenters. The molecule has 0 aromatic heterocycles. The third kappa shape index (κ3) is 3.42. The number of nitrogens with zero attached hydrogens (tertiary/aromatic N) is 7. The van der Waals surface area contributed by atoms with Crippen molar-refractivity contribution in [2.45, 2.75) is 31.2 Å². The second-order valence-electron chi connectivity index (χ2n) is 5.90. The topological polar surface area (TPSA) is 208 Å². The summed E-state index contributed by atoms with van der Waals surface area (Å²) in [4.78, 5) is 52.2. The Balaban J connectivity index is 3.55. The summed E-state index contributed by atoms with van der Waals surface area (Å²) in [5.41, 5.74) is -5.84. The van der Waals surface area contributed by atoms with Crippen molar-refractivity contribution in [3.8, 4) is 0 Å². The Kier molecular flexibility index (Phi) is 5.47. The molecular weight excluding hydrogens is 350 g/mol. The van der Waals surface area contributed by atoms with E-state index in [0.717, 1.165) is 4.90 Å². The molecule has 1 fully saturated rings. The van der Waals surface area contributed by atoms with E-state index in [4.69, 9.17) is 0 Å². The maximum Gasteiger partial charge on any atom is 0.489 e. The van der Waals surface area contributed by atoms with Gasteiger partial charge in [-0.15, -0.1) is 4.91 Å². The highest BCUT2D eigenvalue weighted by atomic mass is 16.7. The summed E-state index contributed by atoms with van der Waals surface area (Å²) in [6.45, 7) is -1.59. The SMILES string of the molecule is CC(C)N1CC([N+](=O)[O-])([N+](=O)[O-])CN(N=O)CC([N+](=O)[O-])([N+](=O)[O-])C1. The minimum atomic E-state index is -2.92. The quantitative estimate of drug-likeness (QED) is 0.246. The molecule has 0 radical (unpaired) electrons. The highest BCUT2D eigenvalue weighted by molar-refractivity contribution is 4.88. The van der Waals surface area contributed by atoms with E-state index < -0.39 is 63.2 Å². The summed E-state index contributed by atoms with van der Waals surface area (Å²) in [6, 6.07) is -0.714. The van der Waals surface area contributed by atoms with Crippen LogP contribution in [0, 0.1) is 45.4 Å². The smallest absolute Gasteiger partial charge is 0.274 e.